The van der Waals surface area contributed by atoms with E-state index in [1.54, 1.807) is 0 Å². The molecule has 2 nitrogen and oxygen atoms in total. The van der Waals surface area contributed by atoms with Crippen LogP contribution in [0.1, 0.15) is 16.0 Å². The van der Waals surface area contributed by atoms with Crippen molar-refractivity contribution in [3.05, 3.63) is 94.4 Å². The third-order valence-electron chi connectivity index (χ3n) is 5.42. The van der Waals surface area contributed by atoms with Crippen molar-refractivity contribution in [3.63, 3.8) is 0 Å². The van der Waals surface area contributed by atoms with Crippen molar-refractivity contribution < 1.29 is 4.58 Å². The summed E-state index contributed by atoms with van der Waals surface area (Å²) in [5, 5.41) is 1.35. The molecule has 0 saturated carbocycles. The van der Waals surface area contributed by atoms with E-state index >= 15 is 0 Å². The second-order valence-electron chi connectivity index (χ2n) is 7.81. The minimum absolute atomic E-state index is 1.21. The molecule has 3 heteroatoms. The quantitative estimate of drug-likeness (QED) is 0.496. The van der Waals surface area contributed by atoms with Gasteiger partial charge in [0.2, 0.25) is 0 Å². The van der Waals surface area contributed by atoms with E-state index in [1.807, 2.05) is 11.3 Å². The SMILES string of the molecule is Cc1c(C(=C2C=CC(=[N+](C)C)C=C2)c2ccc(N(C)C)cc2)sc2ccccc12. The van der Waals surface area contributed by atoms with Crippen molar-refractivity contribution in [3.8, 4) is 0 Å². The molecule has 1 aromatic heterocycles. The Kier molecular flexibility index (Phi) is 5.25. The predicted octanol–water partition coefficient (Wildman–Crippen LogP) is 5.92. The summed E-state index contributed by atoms with van der Waals surface area (Å²) >= 11 is 1.88. The van der Waals surface area contributed by atoms with Crippen molar-refractivity contribution in [2.75, 3.05) is 33.1 Å². The van der Waals surface area contributed by atoms with E-state index in [0.717, 1.165) is 0 Å². The number of allylic oxidation sites excluding steroid dienone is 5. The second kappa shape index (κ2) is 7.84. The largest absolute Gasteiger partial charge is 0.378 e. The first-order valence-corrected chi connectivity index (χ1v) is 10.7. The number of nitrogens with zero attached hydrogens (tertiary/aromatic N) is 2. The molecular weight excluding hydrogens is 372 g/mol. The molecule has 0 amide bonds. The Morgan fingerprint density at radius 2 is 1.52 bits per heavy atom. The van der Waals surface area contributed by atoms with E-state index in [9.17, 15) is 0 Å². The lowest BCUT2D eigenvalue weighted by Gasteiger charge is -2.16. The number of rotatable bonds is 3. The van der Waals surface area contributed by atoms with E-state index < -0.39 is 0 Å². The van der Waals surface area contributed by atoms with Gasteiger partial charge in [-0.25, -0.2) is 4.58 Å². The average molecular weight is 400 g/mol. The summed E-state index contributed by atoms with van der Waals surface area (Å²) in [6.45, 7) is 2.25. The summed E-state index contributed by atoms with van der Waals surface area (Å²) in [5.74, 6) is 0. The van der Waals surface area contributed by atoms with Crippen LogP contribution in [0.25, 0.3) is 15.7 Å². The van der Waals surface area contributed by atoms with E-state index in [-0.39, 0.29) is 0 Å². The number of fused-ring (bicyclic) bond motifs is 1. The first-order chi connectivity index (χ1) is 14.0. The Balaban J connectivity index is 1.94. The molecular formula is C26H27N2S+. The zero-order chi connectivity index (χ0) is 20.5. The van der Waals surface area contributed by atoms with Crippen LogP contribution in [-0.4, -0.2) is 38.5 Å². The molecule has 0 aliphatic heterocycles. The van der Waals surface area contributed by atoms with Gasteiger partial charge in [-0.3, -0.25) is 0 Å². The topological polar surface area (TPSA) is 6.25 Å². The van der Waals surface area contributed by atoms with Crippen LogP contribution < -0.4 is 4.90 Å². The third-order valence-corrected chi connectivity index (χ3v) is 6.71. The van der Waals surface area contributed by atoms with Gasteiger partial charge in [-0.1, -0.05) is 30.3 Å². The van der Waals surface area contributed by atoms with Gasteiger partial charge in [0.15, 0.2) is 5.71 Å². The maximum atomic E-state index is 2.25. The number of hydrogen-bond donors (Lipinski definition) is 0. The molecule has 0 N–H and O–H groups in total. The maximum Gasteiger partial charge on any atom is 0.199 e. The fourth-order valence-corrected chi connectivity index (χ4v) is 4.99. The molecule has 1 aliphatic rings. The summed E-state index contributed by atoms with van der Waals surface area (Å²) in [6, 6.07) is 17.6. The maximum absolute atomic E-state index is 2.25. The van der Waals surface area contributed by atoms with E-state index in [2.05, 4.69) is 117 Å². The Morgan fingerprint density at radius 3 is 2.10 bits per heavy atom. The molecule has 0 fully saturated rings. The summed E-state index contributed by atoms with van der Waals surface area (Å²) in [6.07, 6.45) is 8.89. The number of anilines is 1. The Hall–Kier alpha value is -2.91. The molecule has 0 radical (unpaired) electrons. The molecule has 29 heavy (non-hydrogen) atoms. The highest BCUT2D eigenvalue weighted by Gasteiger charge is 2.18. The van der Waals surface area contributed by atoms with Crippen LogP contribution in [0.5, 0.6) is 0 Å². The first kappa shape index (κ1) is 19.4. The van der Waals surface area contributed by atoms with E-state index in [0.29, 0.717) is 0 Å². The fourth-order valence-electron chi connectivity index (χ4n) is 3.69. The predicted molar refractivity (Wildman–Crippen MR) is 129 cm³/mol. The van der Waals surface area contributed by atoms with Gasteiger partial charge in [0.1, 0.15) is 14.1 Å². The van der Waals surface area contributed by atoms with Gasteiger partial charge in [-0.2, -0.15) is 0 Å². The van der Waals surface area contributed by atoms with Gasteiger partial charge < -0.3 is 4.90 Å². The fraction of sp³-hybridized carbons (Fsp3) is 0.192. The van der Waals surface area contributed by atoms with Gasteiger partial charge in [0.05, 0.1) is 0 Å². The minimum atomic E-state index is 1.21. The van der Waals surface area contributed by atoms with Crippen LogP contribution in [0.2, 0.25) is 0 Å². The van der Waals surface area contributed by atoms with Crippen LogP contribution in [0.3, 0.4) is 0 Å². The highest BCUT2D eigenvalue weighted by Crippen LogP contribution is 2.40. The average Bonchev–Trinajstić information content (AvgIpc) is 3.05. The summed E-state index contributed by atoms with van der Waals surface area (Å²) in [7, 11) is 8.32. The summed E-state index contributed by atoms with van der Waals surface area (Å²) in [5.41, 5.74) is 7.59. The van der Waals surface area contributed by atoms with Crippen molar-refractivity contribution in [1.82, 2.24) is 0 Å². The molecule has 0 saturated heterocycles. The lowest BCUT2D eigenvalue weighted by atomic mass is 9.93. The molecule has 0 unspecified atom stereocenters. The molecule has 0 atom stereocenters. The van der Waals surface area contributed by atoms with Gasteiger partial charge in [0, 0.05) is 47.1 Å². The van der Waals surface area contributed by atoms with E-state index in [1.165, 1.54) is 48.6 Å². The van der Waals surface area contributed by atoms with Gasteiger partial charge in [-0.15, -0.1) is 11.3 Å². The van der Waals surface area contributed by atoms with E-state index in [4.69, 9.17) is 0 Å². The lowest BCUT2D eigenvalue weighted by molar-refractivity contribution is -0.462. The Labute approximate surface area is 177 Å². The summed E-state index contributed by atoms with van der Waals surface area (Å²) in [4.78, 5) is 3.49. The van der Waals surface area contributed by atoms with Crippen LogP contribution in [0.15, 0.2) is 78.4 Å². The van der Waals surface area contributed by atoms with Crippen LogP contribution in [0, 0.1) is 6.92 Å². The Bertz CT molecular complexity index is 1160. The standard InChI is InChI=1S/C26H27N2S/c1-18-23-8-6-7-9-24(23)29-26(18)25(19-10-14-21(15-11-19)27(2)3)20-12-16-22(17-13-20)28(4)5/h6-17H,1-5H3/q+1. The molecule has 0 spiro atoms. The van der Waals surface area contributed by atoms with Crippen molar-refractivity contribution >= 4 is 38.4 Å². The zero-order valence-corrected chi connectivity index (χ0v) is 18.5. The molecule has 146 valence electrons. The third kappa shape index (κ3) is 3.70. The summed E-state index contributed by atoms with van der Waals surface area (Å²) < 4.78 is 3.48. The minimum Gasteiger partial charge on any atom is -0.378 e. The number of benzene rings is 2. The highest BCUT2D eigenvalue weighted by atomic mass is 32.1. The highest BCUT2D eigenvalue weighted by molar-refractivity contribution is 7.20. The van der Waals surface area contributed by atoms with Gasteiger partial charge in [-0.05, 0) is 59.4 Å². The van der Waals surface area contributed by atoms with Crippen LogP contribution in [0.4, 0.5) is 5.69 Å². The molecule has 1 aliphatic carbocycles. The normalized spacial score (nSPS) is 13.3. The zero-order valence-electron chi connectivity index (χ0n) is 17.7. The van der Waals surface area contributed by atoms with Crippen molar-refractivity contribution in [1.29, 1.82) is 0 Å². The molecule has 3 aromatic rings. The lowest BCUT2D eigenvalue weighted by Crippen LogP contribution is -2.10. The van der Waals surface area contributed by atoms with Crippen LogP contribution >= 0.6 is 11.3 Å². The molecule has 4 rings (SSSR count). The smallest absolute Gasteiger partial charge is 0.199 e. The number of aryl methyl sites for hydroxylation is 1. The molecule has 0 bridgehead atoms. The number of thiophene rings is 1. The van der Waals surface area contributed by atoms with Gasteiger partial charge in [0.25, 0.3) is 0 Å². The van der Waals surface area contributed by atoms with Gasteiger partial charge >= 0.3 is 0 Å². The second-order valence-corrected chi connectivity index (χ2v) is 8.86. The van der Waals surface area contributed by atoms with Crippen molar-refractivity contribution in [2.45, 2.75) is 6.92 Å². The molecule has 1 heterocycles. The first-order valence-electron chi connectivity index (χ1n) is 9.86. The van der Waals surface area contributed by atoms with Crippen molar-refractivity contribution in [2.24, 2.45) is 0 Å². The molecule has 2 aromatic carbocycles. The number of hydrogen-bond acceptors (Lipinski definition) is 2. The Morgan fingerprint density at radius 1 is 0.862 bits per heavy atom. The monoisotopic (exact) mass is 399 g/mol. The van der Waals surface area contributed by atoms with Crippen LogP contribution in [-0.2, 0) is 0 Å².